The van der Waals surface area contributed by atoms with Crippen molar-refractivity contribution in [3.05, 3.63) is 46.9 Å². The average Bonchev–Trinajstić information content (AvgIpc) is 3.44. The number of carbonyl (C=O) groups is 1. The maximum absolute atomic E-state index is 13.4. The zero-order valence-corrected chi connectivity index (χ0v) is 17.0. The summed E-state index contributed by atoms with van der Waals surface area (Å²) in [6, 6.07) is 4.55. The van der Waals surface area contributed by atoms with Crippen LogP contribution < -0.4 is 10.5 Å². The highest BCUT2D eigenvalue weighted by molar-refractivity contribution is 5.97. The minimum atomic E-state index is -2.97. The molecule has 1 aliphatic carbocycles. The zero-order valence-electron chi connectivity index (χ0n) is 17.0. The third-order valence-electron chi connectivity index (χ3n) is 5.56. The van der Waals surface area contributed by atoms with Crippen molar-refractivity contribution in [1.82, 2.24) is 25.1 Å². The van der Waals surface area contributed by atoms with E-state index < -0.39 is 6.61 Å². The Morgan fingerprint density at radius 3 is 2.78 bits per heavy atom. The maximum Gasteiger partial charge on any atom is 0.388 e. The van der Waals surface area contributed by atoms with E-state index in [-0.39, 0.29) is 24.0 Å². The van der Waals surface area contributed by atoms with Gasteiger partial charge in [-0.1, -0.05) is 0 Å². The predicted octanol–water partition coefficient (Wildman–Crippen LogP) is 2.69. The number of anilines is 1. The summed E-state index contributed by atoms with van der Waals surface area (Å²) in [5, 5.41) is 8.36. The quantitative estimate of drug-likeness (QED) is 0.594. The van der Waals surface area contributed by atoms with E-state index in [1.54, 1.807) is 17.2 Å². The van der Waals surface area contributed by atoms with Crippen molar-refractivity contribution in [3.63, 3.8) is 0 Å². The van der Waals surface area contributed by atoms with Crippen molar-refractivity contribution in [1.29, 1.82) is 0 Å². The number of amides is 1. The van der Waals surface area contributed by atoms with Crippen LogP contribution in [0.1, 0.15) is 40.2 Å². The van der Waals surface area contributed by atoms with Crippen LogP contribution in [0.5, 0.6) is 5.88 Å². The molecule has 4 heterocycles. The van der Waals surface area contributed by atoms with Crippen LogP contribution in [0.4, 0.5) is 14.6 Å². The van der Waals surface area contributed by atoms with Crippen molar-refractivity contribution >= 4 is 22.6 Å². The third-order valence-corrected chi connectivity index (χ3v) is 5.56. The van der Waals surface area contributed by atoms with E-state index in [9.17, 15) is 13.6 Å². The molecule has 0 bridgehead atoms. The second kappa shape index (κ2) is 8.23. The van der Waals surface area contributed by atoms with Crippen molar-refractivity contribution in [2.45, 2.75) is 39.2 Å². The molecule has 1 aliphatic heterocycles. The van der Waals surface area contributed by atoms with E-state index in [2.05, 4.69) is 24.9 Å². The Kier molecular flexibility index (Phi) is 5.25. The highest BCUT2D eigenvalue weighted by atomic mass is 19.3. The normalized spacial score (nSPS) is 15.2. The fourth-order valence-corrected chi connectivity index (χ4v) is 3.77. The average molecular weight is 442 g/mol. The van der Waals surface area contributed by atoms with Crippen LogP contribution in [0.3, 0.4) is 0 Å². The first-order valence-electron chi connectivity index (χ1n) is 10.2. The summed E-state index contributed by atoms with van der Waals surface area (Å²) in [6.45, 7) is -1.44. The summed E-state index contributed by atoms with van der Waals surface area (Å²) < 4.78 is 34.4. The van der Waals surface area contributed by atoms with Crippen LogP contribution in [0.25, 0.3) is 10.9 Å². The van der Waals surface area contributed by atoms with Gasteiger partial charge in [0.2, 0.25) is 5.88 Å². The Morgan fingerprint density at radius 2 is 2.06 bits per heavy atom. The van der Waals surface area contributed by atoms with Gasteiger partial charge in [0, 0.05) is 23.6 Å². The van der Waals surface area contributed by atoms with Gasteiger partial charge < -0.3 is 20.1 Å². The minimum absolute atomic E-state index is 0.179. The molecule has 1 fully saturated rings. The number of nitrogen functional groups attached to an aromatic ring is 1. The highest BCUT2D eigenvalue weighted by Crippen LogP contribution is 2.32. The Labute approximate surface area is 181 Å². The molecular formula is C21H20F2N6O3. The topological polar surface area (TPSA) is 116 Å². The van der Waals surface area contributed by atoms with Gasteiger partial charge in [-0.05, 0) is 36.5 Å². The van der Waals surface area contributed by atoms with Gasteiger partial charge in [-0.15, -0.1) is 5.10 Å². The van der Waals surface area contributed by atoms with Crippen LogP contribution in [-0.4, -0.2) is 44.1 Å². The molecule has 0 unspecified atom stereocenters. The van der Waals surface area contributed by atoms with Crippen LogP contribution in [0, 0.1) is 5.92 Å². The second-order valence-electron chi connectivity index (χ2n) is 7.90. The van der Waals surface area contributed by atoms with Gasteiger partial charge in [0.05, 0.1) is 37.2 Å². The smallest absolute Gasteiger partial charge is 0.388 e. The molecule has 0 saturated heterocycles. The summed E-state index contributed by atoms with van der Waals surface area (Å²) in [7, 11) is 0. The van der Waals surface area contributed by atoms with Crippen LogP contribution >= 0.6 is 0 Å². The second-order valence-corrected chi connectivity index (χ2v) is 7.90. The number of halogens is 2. The number of carbonyl (C=O) groups excluding carboxylic acids is 1. The first-order valence-corrected chi connectivity index (χ1v) is 10.2. The Balaban J connectivity index is 1.41. The predicted molar refractivity (Wildman–Crippen MR) is 109 cm³/mol. The molecule has 11 heteroatoms. The number of pyridine rings is 2. The number of rotatable bonds is 7. The van der Waals surface area contributed by atoms with Crippen molar-refractivity contribution in [2.24, 2.45) is 5.92 Å². The van der Waals surface area contributed by atoms with Crippen molar-refractivity contribution in [3.8, 4) is 5.88 Å². The molecule has 0 spiro atoms. The number of fused-ring (bicyclic) bond motifs is 3. The van der Waals surface area contributed by atoms with Crippen LogP contribution in [0.15, 0.2) is 24.4 Å². The number of ether oxygens (including phenoxy) is 2. The lowest BCUT2D eigenvalue weighted by Gasteiger charge is -2.22. The van der Waals surface area contributed by atoms with Gasteiger partial charge in [0.1, 0.15) is 11.5 Å². The number of alkyl halides is 2. The molecule has 0 aromatic carbocycles. The molecule has 3 aromatic heterocycles. The van der Waals surface area contributed by atoms with Gasteiger partial charge in [-0.2, -0.15) is 13.9 Å². The number of aromatic nitrogens is 4. The van der Waals surface area contributed by atoms with Crippen LogP contribution in [0.2, 0.25) is 0 Å². The molecule has 9 nitrogen and oxygen atoms in total. The monoisotopic (exact) mass is 442 g/mol. The van der Waals surface area contributed by atoms with Gasteiger partial charge in [0.25, 0.3) is 5.91 Å². The molecule has 1 saturated carbocycles. The molecule has 2 N–H and O–H groups in total. The summed E-state index contributed by atoms with van der Waals surface area (Å²) in [4.78, 5) is 23.7. The zero-order chi connectivity index (χ0) is 22.2. The van der Waals surface area contributed by atoms with Gasteiger partial charge in [0.15, 0.2) is 0 Å². The molecule has 2 aliphatic rings. The summed E-state index contributed by atoms with van der Waals surface area (Å²) in [6.07, 6.45) is 3.65. The number of hydrogen-bond donors (Lipinski definition) is 1. The fourth-order valence-electron chi connectivity index (χ4n) is 3.77. The van der Waals surface area contributed by atoms with Crippen LogP contribution in [-0.2, 0) is 24.5 Å². The molecule has 0 atom stereocenters. The molecular weight excluding hydrogens is 422 g/mol. The van der Waals surface area contributed by atoms with E-state index in [0.29, 0.717) is 42.7 Å². The molecule has 3 aromatic rings. The van der Waals surface area contributed by atoms with E-state index in [0.717, 1.165) is 29.4 Å². The first kappa shape index (κ1) is 20.4. The van der Waals surface area contributed by atoms with E-state index in [1.807, 2.05) is 0 Å². The van der Waals surface area contributed by atoms with E-state index in [4.69, 9.17) is 10.5 Å². The number of nitrogens with two attached hydrogens (primary N) is 1. The summed E-state index contributed by atoms with van der Waals surface area (Å²) >= 11 is 0. The van der Waals surface area contributed by atoms with Crippen molar-refractivity contribution < 1.29 is 23.0 Å². The molecule has 1 amide bonds. The standard InChI is InChI=1S/C21H20F2N6O3/c22-21(23)32-18-4-3-12(27-28-18)8-29(7-11-1-2-11)20(30)16-5-13-14-9-31-10-15(14)19(24)26-17(13)6-25-16/h3-6,11,21H,1-2,7-10H2,(H2,24,26). The van der Waals surface area contributed by atoms with E-state index in [1.165, 1.54) is 12.1 Å². The largest absolute Gasteiger partial charge is 0.415 e. The maximum atomic E-state index is 13.4. The first-order chi connectivity index (χ1) is 15.5. The van der Waals surface area contributed by atoms with Gasteiger partial charge in [-0.25, -0.2) is 9.97 Å². The summed E-state index contributed by atoms with van der Waals surface area (Å²) in [5.41, 5.74) is 9.14. The van der Waals surface area contributed by atoms with Crippen molar-refractivity contribution in [2.75, 3.05) is 12.3 Å². The number of nitrogens with zero attached hydrogens (tertiary/aromatic N) is 5. The molecule has 5 rings (SSSR count). The molecule has 166 valence electrons. The molecule has 32 heavy (non-hydrogen) atoms. The summed E-state index contributed by atoms with van der Waals surface area (Å²) in [5.74, 6) is 0.313. The lowest BCUT2D eigenvalue weighted by molar-refractivity contribution is -0.0534. The Bertz CT molecular complexity index is 1170. The van der Waals surface area contributed by atoms with Gasteiger partial charge >= 0.3 is 6.61 Å². The Hall–Kier alpha value is -3.47. The highest BCUT2D eigenvalue weighted by Gasteiger charge is 2.29. The van der Waals surface area contributed by atoms with E-state index >= 15 is 0 Å². The third kappa shape index (κ3) is 4.15. The Morgan fingerprint density at radius 1 is 1.25 bits per heavy atom. The van der Waals surface area contributed by atoms with Gasteiger partial charge in [-0.3, -0.25) is 4.79 Å². The fraction of sp³-hybridized carbons (Fsp3) is 0.381. The lowest BCUT2D eigenvalue weighted by Crippen LogP contribution is -2.33. The molecule has 0 radical (unpaired) electrons. The number of hydrogen-bond acceptors (Lipinski definition) is 8. The minimum Gasteiger partial charge on any atom is -0.415 e. The lowest BCUT2D eigenvalue weighted by atomic mass is 10.1. The SMILES string of the molecule is Nc1nc2cnc(C(=O)N(Cc3ccc(OC(F)F)nn3)CC3CC3)cc2c2c1COC2.